The second-order valence-corrected chi connectivity index (χ2v) is 8.20. The standard InChI is InChI=1S/C24H28N2O4/c1-25-23(29)26(22(28)24(25)14-6-3-7-15-24)16-20(27)17-30-21-12-10-19(11-13-21)18-8-4-2-5-9-18/h2,4-5,8-13,20,27H,3,6-7,14-17H2,1H3. The molecular weight excluding hydrogens is 380 g/mol. The lowest BCUT2D eigenvalue weighted by molar-refractivity contribution is -0.135. The third-order valence-electron chi connectivity index (χ3n) is 6.28. The van der Waals surface area contributed by atoms with E-state index in [0.29, 0.717) is 18.6 Å². The van der Waals surface area contributed by atoms with Gasteiger partial charge in [0.05, 0.1) is 6.54 Å². The van der Waals surface area contributed by atoms with Crippen molar-refractivity contribution in [2.45, 2.75) is 43.7 Å². The predicted molar refractivity (Wildman–Crippen MR) is 114 cm³/mol. The predicted octanol–water partition coefficient (Wildman–Crippen LogP) is 3.69. The third kappa shape index (κ3) is 3.79. The van der Waals surface area contributed by atoms with Crippen LogP contribution >= 0.6 is 0 Å². The number of aliphatic hydroxyl groups excluding tert-OH is 1. The molecule has 6 heteroatoms. The number of hydrogen-bond donors (Lipinski definition) is 1. The van der Waals surface area contributed by atoms with E-state index in [2.05, 4.69) is 0 Å². The number of imide groups is 1. The molecule has 0 aromatic heterocycles. The molecule has 1 spiro atoms. The van der Waals surface area contributed by atoms with Gasteiger partial charge in [0.25, 0.3) is 5.91 Å². The number of ether oxygens (including phenoxy) is 1. The van der Waals surface area contributed by atoms with Gasteiger partial charge in [-0.2, -0.15) is 0 Å². The highest BCUT2D eigenvalue weighted by Crippen LogP contribution is 2.39. The van der Waals surface area contributed by atoms with Gasteiger partial charge in [-0.1, -0.05) is 61.7 Å². The fourth-order valence-corrected chi connectivity index (χ4v) is 4.52. The monoisotopic (exact) mass is 408 g/mol. The van der Waals surface area contributed by atoms with Crippen LogP contribution < -0.4 is 4.74 Å². The van der Waals surface area contributed by atoms with Gasteiger partial charge in [-0.15, -0.1) is 0 Å². The normalized spacial score (nSPS) is 19.4. The SMILES string of the molecule is CN1C(=O)N(CC(O)COc2ccc(-c3ccccc3)cc2)C(=O)C12CCCCC2. The van der Waals surface area contributed by atoms with Crippen molar-refractivity contribution in [3.8, 4) is 16.9 Å². The molecule has 2 aliphatic rings. The molecule has 2 aromatic carbocycles. The van der Waals surface area contributed by atoms with Gasteiger partial charge < -0.3 is 14.7 Å². The first-order valence-electron chi connectivity index (χ1n) is 10.6. The molecule has 2 fully saturated rings. The molecule has 2 aromatic rings. The molecule has 1 aliphatic heterocycles. The number of amides is 3. The Kier molecular flexibility index (Phi) is 5.77. The zero-order valence-electron chi connectivity index (χ0n) is 17.3. The maximum absolute atomic E-state index is 13.0. The van der Waals surface area contributed by atoms with E-state index in [0.717, 1.165) is 30.4 Å². The Balaban J connectivity index is 1.34. The maximum Gasteiger partial charge on any atom is 0.327 e. The van der Waals surface area contributed by atoms with Gasteiger partial charge in [0, 0.05) is 7.05 Å². The van der Waals surface area contributed by atoms with E-state index in [9.17, 15) is 14.7 Å². The first kappa shape index (κ1) is 20.4. The quantitative estimate of drug-likeness (QED) is 0.740. The van der Waals surface area contributed by atoms with Crippen LogP contribution in [-0.2, 0) is 4.79 Å². The number of carbonyl (C=O) groups excluding carboxylic acids is 2. The number of urea groups is 1. The molecule has 6 nitrogen and oxygen atoms in total. The van der Waals surface area contributed by atoms with Gasteiger partial charge in [-0.25, -0.2) is 4.79 Å². The Morgan fingerprint density at radius 1 is 0.967 bits per heavy atom. The molecule has 1 N–H and O–H groups in total. The zero-order valence-corrected chi connectivity index (χ0v) is 17.3. The highest BCUT2D eigenvalue weighted by Gasteiger charge is 2.55. The van der Waals surface area contributed by atoms with Gasteiger partial charge in [0.1, 0.15) is 24.0 Å². The molecule has 158 valence electrons. The fraction of sp³-hybridized carbons (Fsp3) is 0.417. The number of β-amino-alcohol motifs (C(OH)–C–C–N with tert-alkyl or cyclic N) is 1. The lowest BCUT2D eigenvalue weighted by Crippen LogP contribution is -2.49. The van der Waals surface area contributed by atoms with Gasteiger partial charge in [-0.3, -0.25) is 9.69 Å². The van der Waals surface area contributed by atoms with Gasteiger partial charge in [0.15, 0.2) is 0 Å². The second-order valence-electron chi connectivity index (χ2n) is 8.20. The van der Waals surface area contributed by atoms with Crippen LogP contribution in [0.4, 0.5) is 4.79 Å². The number of rotatable bonds is 6. The fourth-order valence-electron chi connectivity index (χ4n) is 4.52. The highest BCUT2D eigenvalue weighted by atomic mass is 16.5. The first-order chi connectivity index (χ1) is 14.5. The summed E-state index contributed by atoms with van der Waals surface area (Å²) < 4.78 is 5.69. The Morgan fingerprint density at radius 2 is 1.60 bits per heavy atom. The van der Waals surface area contributed by atoms with E-state index < -0.39 is 11.6 Å². The van der Waals surface area contributed by atoms with Crippen molar-refractivity contribution in [2.75, 3.05) is 20.2 Å². The van der Waals surface area contributed by atoms with Crippen LogP contribution in [0.15, 0.2) is 54.6 Å². The molecule has 1 aliphatic carbocycles. The average molecular weight is 408 g/mol. The lowest BCUT2D eigenvalue weighted by atomic mass is 9.81. The molecule has 0 radical (unpaired) electrons. The Hall–Kier alpha value is -2.86. The van der Waals surface area contributed by atoms with Crippen molar-refractivity contribution in [3.63, 3.8) is 0 Å². The summed E-state index contributed by atoms with van der Waals surface area (Å²) >= 11 is 0. The third-order valence-corrected chi connectivity index (χ3v) is 6.28. The molecule has 1 atom stereocenters. The maximum atomic E-state index is 13.0. The van der Waals surface area contributed by atoms with E-state index in [1.54, 1.807) is 11.9 Å². The topological polar surface area (TPSA) is 70.1 Å². The van der Waals surface area contributed by atoms with Crippen LogP contribution in [0.25, 0.3) is 11.1 Å². The number of nitrogens with zero attached hydrogens (tertiary/aromatic N) is 2. The first-order valence-corrected chi connectivity index (χ1v) is 10.6. The van der Waals surface area contributed by atoms with E-state index in [1.807, 2.05) is 54.6 Å². The number of hydrogen-bond acceptors (Lipinski definition) is 4. The largest absolute Gasteiger partial charge is 0.491 e. The molecule has 30 heavy (non-hydrogen) atoms. The Labute approximate surface area is 177 Å². The summed E-state index contributed by atoms with van der Waals surface area (Å²) in [4.78, 5) is 28.4. The van der Waals surface area contributed by atoms with E-state index in [1.165, 1.54) is 4.90 Å². The lowest BCUT2D eigenvalue weighted by Gasteiger charge is -2.35. The van der Waals surface area contributed by atoms with Crippen LogP contribution in [-0.4, -0.2) is 58.7 Å². The number of aliphatic hydroxyl groups is 1. The molecule has 4 rings (SSSR count). The summed E-state index contributed by atoms with van der Waals surface area (Å²) in [5, 5.41) is 10.4. The molecule has 1 saturated carbocycles. The van der Waals surface area contributed by atoms with E-state index in [4.69, 9.17) is 4.74 Å². The summed E-state index contributed by atoms with van der Waals surface area (Å²) in [7, 11) is 1.70. The van der Waals surface area contributed by atoms with Crippen LogP contribution in [0.3, 0.4) is 0 Å². The summed E-state index contributed by atoms with van der Waals surface area (Å²) in [5.74, 6) is 0.453. The van der Waals surface area contributed by atoms with Crippen LogP contribution in [0.1, 0.15) is 32.1 Å². The van der Waals surface area contributed by atoms with Crippen molar-refractivity contribution in [1.82, 2.24) is 9.80 Å². The summed E-state index contributed by atoms with van der Waals surface area (Å²) in [6.45, 7) is -0.0374. The molecule has 1 unspecified atom stereocenters. The minimum absolute atomic E-state index is 0.0124. The molecule has 3 amide bonds. The minimum Gasteiger partial charge on any atom is -0.491 e. The molecule has 1 heterocycles. The van der Waals surface area contributed by atoms with Gasteiger partial charge >= 0.3 is 6.03 Å². The minimum atomic E-state index is -0.946. The van der Waals surface area contributed by atoms with Crippen LogP contribution in [0, 0.1) is 0 Å². The number of likely N-dealkylation sites (N-methyl/N-ethyl adjacent to an activating group) is 1. The Bertz CT molecular complexity index is 891. The van der Waals surface area contributed by atoms with Crippen molar-refractivity contribution in [3.05, 3.63) is 54.6 Å². The van der Waals surface area contributed by atoms with Crippen molar-refractivity contribution in [2.24, 2.45) is 0 Å². The van der Waals surface area contributed by atoms with Gasteiger partial charge in [-0.05, 0) is 36.1 Å². The molecular formula is C24H28N2O4. The zero-order chi connectivity index (χ0) is 21.1. The van der Waals surface area contributed by atoms with Crippen molar-refractivity contribution in [1.29, 1.82) is 0 Å². The highest BCUT2D eigenvalue weighted by molar-refractivity contribution is 6.07. The summed E-state index contributed by atoms with van der Waals surface area (Å²) in [6.07, 6.45) is 3.44. The van der Waals surface area contributed by atoms with Crippen molar-refractivity contribution < 1.29 is 19.4 Å². The summed E-state index contributed by atoms with van der Waals surface area (Å²) in [6, 6.07) is 17.4. The number of carbonyl (C=O) groups is 2. The average Bonchev–Trinajstić information content (AvgIpc) is 2.95. The van der Waals surface area contributed by atoms with E-state index >= 15 is 0 Å². The number of benzene rings is 2. The molecule has 1 saturated heterocycles. The summed E-state index contributed by atoms with van der Waals surface area (Å²) in [5.41, 5.74) is 1.48. The van der Waals surface area contributed by atoms with Gasteiger partial charge in [0.2, 0.25) is 0 Å². The van der Waals surface area contributed by atoms with E-state index in [-0.39, 0.29) is 25.1 Å². The molecule has 0 bridgehead atoms. The van der Waals surface area contributed by atoms with Crippen molar-refractivity contribution >= 4 is 11.9 Å². The second kappa shape index (κ2) is 8.48. The Morgan fingerprint density at radius 3 is 2.27 bits per heavy atom. The van der Waals surface area contributed by atoms with Crippen LogP contribution in [0.5, 0.6) is 5.75 Å². The van der Waals surface area contributed by atoms with Crippen LogP contribution in [0.2, 0.25) is 0 Å². The smallest absolute Gasteiger partial charge is 0.327 e.